The predicted molar refractivity (Wildman–Crippen MR) is 297 cm³/mol. The average molecular weight is 900 g/mol. The van der Waals surface area contributed by atoms with Gasteiger partial charge in [-0.3, -0.25) is 0 Å². The Balaban J connectivity index is 1.22. The molecule has 0 bridgehead atoms. The lowest BCUT2D eigenvalue weighted by Crippen LogP contribution is -2.60. The number of nitrogens with zero attached hydrogens (tertiary/aromatic N) is 3. The van der Waals surface area contributed by atoms with Crippen molar-refractivity contribution in [1.82, 2.24) is 4.57 Å². The van der Waals surface area contributed by atoms with Gasteiger partial charge in [0.2, 0.25) is 0 Å². The van der Waals surface area contributed by atoms with Crippen LogP contribution in [0.25, 0.3) is 49.4 Å². The van der Waals surface area contributed by atoms with Crippen molar-refractivity contribution >= 4 is 101 Å². The number of furan rings is 1. The van der Waals surface area contributed by atoms with Crippen molar-refractivity contribution in [2.24, 2.45) is 0 Å². The summed E-state index contributed by atoms with van der Waals surface area (Å²) in [4.78, 5) is 5.05. The van der Waals surface area contributed by atoms with Crippen LogP contribution in [0.2, 0.25) is 0 Å². The van der Waals surface area contributed by atoms with Crippen molar-refractivity contribution in [3.63, 3.8) is 0 Å². The molecule has 0 aliphatic carbocycles. The Kier molecular flexibility index (Phi) is 9.27. The quantitative estimate of drug-likeness (QED) is 0.165. The number of hydrogen-bond acceptors (Lipinski definition) is 3. The highest BCUT2D eigenvalue weighted by atomic mass is 16.3. The van der Waals surface area contributed by atoms with Crippen LogP contribution in [-0.4, -0.2) is 11.3 Å². The summed E-state index contributed by atoms with van der Waals surface area (Å²) >= 11 is 0. The fraction of sp³-hybridized carbons (Fsp3) is 0.250. The molecule has 0 unspecified atom stereocenters. The van der Waals surface area contributed by atoms with E-state index in [9.17, 15) is 0 Å². The van der Waals surface area contributed by atoms with Gasteiger partial charge in [-0.15, -0.1) is 0 Å². The minimum Gasteiger partial charge on any atom is -0.456 e. The maximum atomic E-state index is 6.61. The fourth-order valence-electron chi connectivity index (χ4n) is 11.3. The van der Waals surface area contributed by atoms with Crippen molar-refractivity contribution in [2.75, 3.05) is 9.80 Å². The van der Waals surface area contributed by atoms with Gasteiger partial charge in [0.25, 0.3) is 6.71 Å². The predicted octanol–water partition coefficient (Wildman–Crippen LogP) is 16.0. The second-order valence-electron chi connectivity index (χ2n) is 24.0. The van der Waals surface area contributed by atoms with Crippen LogP contribution in [0.15, 0.2) is 162 Å². The highest BCUT2D eigenvalue weighted by Gasteiger charge is 2.43. The maximum absolute atomic E-state index is 6.61. The monoisotopic (exact) mass is 899 g/mol. The van der Waals surface area contributed by atoms with Crippen LogP contribution < -0.4 is 26.2 Å². The van der Waals surface area contributed by atoms with E-state index in [4.69, 9.17) is 4.42 Å². The van der Waals surface area contributed by atoms with Crippen LogP contribution in [-0.2, 0) is 21.7 Å². The fourth-order valence-corrected chi connectivity index (χ4v) is 11.3. The summed E-state index contributed by atoms with van der Waals surface area (Å²) in [5, 5.41) is 4.70. The number of hydrogen-bond donors (Lipinski definition) is 0. The van der Waals surface area contributed by atoms with Crippen LogP contribution in [0, 0.1) is 0 Å². The molecule has 0 amide bonds. The molecule has 0 fully saturated rings. The molecule has 69 heavy (non-hydrogen) atoms. The van der Waals surface area contributed by atoms with Gasteiger partial charge < -0.3 is 18.8 Å². The highest BCUT2D eigenvalue weighted by Crippen LogP contribution is 2.48. The molecule has 0 spiro atoms. The molecule has 2 aliphatic heterocycles. The zero-order valence-corrected chi connectivity index (χ0v) is 42.3. The Bertz CT molecular complexity index is 3640. The zero-order chi connectivity index (χ0) is 48.1. The van der Waals surface area contributed by atoms with E-state index in [1.807, 2.05) is 0 Å². The molecule has 8 aromatic carbocycles. The molecule has 0 atom stereocenters. The van der Waals surface area contributed by atoms with Crippen LogP contribution in [0.5, 0.6) is 0 Å². The Morgan fingerprint density at radius 1 is 0.406 bits per heavy atom. The Labute approximate surface area is 408 Å². The normalized spacial score (nSPS) is 13.7. The minimum atomic E-state index is -0.0425. The largest absolute Gasteiger partial charge is 0.456 e. The second-order valence-corrected chi connectivity index (χ2v) is 24.0. The first-order chi connectivity index (χ1) is 32.7. The molecule has 4 heterocycles. The lowest BCUT2D eigenvalue weighted by Gasteiger charge is -2.42. The minimum absolute atomic E-state index is 0.0126. The van der Waals surface area contributed by atoms with Crippen molar-refractivity contribution in [1.29, 1.82) is 0 Å². The lowest BCUT2D eigenvalue weighted by atomic mass is 9.33. The van der Waals surface area contributed by atoms with Gasteiger partial charge in [0, 0.05) is 61.2 Å². The zero-order valence-electron chi connectivity index (χ0n) is 42.3. The first-order valence-electron chi connectivity index (χ1n) is 24.9. The van der Waals surface area contributed by atoms with E-state index in [2.05, 4.69) is 255 Å². The molecule has 12 rings (SSSR count). The first-order valence-corrected chi connectivity index (χ1v) is 24.9. The SMILES string of the molecule is CC(C)(C)c1ccc(N(c2ccc(C(C)(C)C)cc2)c2cc3c4c(c2)-n2c5cc6c(cc5c5cccc(c52)B4c2cc(C(C)(C)C)ccc2N3c2ccc(C(C)(C)C)cc2)oc2ccccc26)cc1. The lowest BCUT2D eigenvalue weighted by molar-refractivity contribution is 0.590. The third-order valence-corrected chi connectivity index (χ3v) is 15.2. The third-order valence-electron chi connectivity index (χ3n) is 15.2. The summed E-state index contributed by atoms with van der Waals surface area (Å²) in [6, 6.07) is 60.3. The standard InChI is InChI=1S/C64H62BN3O/c1-61(2,3)39-20-27-43(28-21-39)66(44-29-22-40(23-30-44)62(4,5)6)46-35-55-59-56(36-46)68-54-37-50-47-16-13-14-19-57(47)69-58(50)38-49(54)48-17-15-18-51(60(48)68)65(59)52-34-42(64(10,11)12)26-33-53(52)67(55)45-31-24-41(25-32-45)63(7,8)9/h13-38H,1-12H3. The summed E-state index contributed by atoms with van der Waals surface area (Å²) in [6.07, 6.45) is 0. The first kappa shape index (κ1) is 43.3. The van der Waals surface area contributed by atoms with Crippen molar-refractivity contribution in [3.05, 3.63) is 180 Å². The van der Waals surface area contributed by atoms with Crippen molar-refractivity contribution in [2.45, 2.75) is 105 Å². The van der Waals surface area contributed by atoms with Crippen molar-refractivity contribution < 1.29 is 4.42 Å². The molecule has 0 saturated carbocycles. The molecule has 10 aromatic rings. The summed E-state index contributed by atoms with van der Waals surface area (Å²) < 4.78 is 9.21. The van der Waals surface area contributed by atoms with Gasteiger partial charge in [-0.1, -0.05) is 168 Å². The molecule has 0 radical (unpaired) electrons. The summed E-state index contributed by atoms with van der Waals surface area (Å²) in [5.41, 5.74) is 21.6. The van der Waals surface area contributed by atoms with Crippen molar-refractivity contribution in [3.8, 4) is 5.69 Å². The van der Waals surface area contributed by atoms with Gasteiger partial charge in [0.05, 0.1) is 11.2 Å². The van der Waals surface area contributed by atoms with Gasteiger partial charge in [-0.25, -0.2) is 0 Å². The van der Waals surface area contributed by atoms with E-state index in [1.54, 1.807) is 0 Å². The van der Waals surface area contributed by atoms with Crippen LogP contribution in [0.3, 0.4) is 0 Å². The molecule has 5 heteroatoms. The maximum Gasteiger partial charge on any atom is 0.252 e. The van der Waals surface area contributed by atoms with Crippen LogP contribution in [0.4, 0.5) is 34.1 Å². The van der Waals surface area contributed by atoms with E-state index in [1.165, 1.54) is 77.5 Å². The van der Waals surface area contributed by atoms with E-state index in [0.717, 1.165) is 44.7 Å². The molecule has 0 N–H and O–H groups in total. The molecular weight excluding hydrogens is 838 g/mol. The topological polar surface area (TPSA) is 24.6 Å². The summed E-state index contributed by atoms with van der Waals surface area (Å²) in [7, 11) is 0. The van der Waals surface area contributed by atoms with E-state index >= 15 is 0 Å². The van der Waals surface area contributed by atoms with Gasteiger partial charge in [0.1, 0.15) is 11.2 Å². The number of rotatable bonds is 4. The Morgan fingerprint density at radius 2 is 0.957 bits per heavy atom. The highest BCUT2D eigenvalue weighted by molar-refractivity contribution is 7.00. The Hall–Kier alpha value is -6.98. The summed E-state index contributed by atoms with van der Waals surface area (Å²) in [6.45, 7) is 27.6. The number of anilines is 6. The molecule has 2 aromatic heterocycles. The molecule has 0 saturated heterocycles. The molecule has 4 nitrogen and oxygen atoms in total. The molecule has 342 valence electrons. The van der Waals surface area contributed by atoms with E-state index < -0.39 is 0 Å². The van der Waals surface area contributed by atoms with Gasteiger partial charge in [-0.05, 0) is 133 Å². The van der Waals surface area contributed by atoms with Crippen LogP contribution in [0.1, 0.15) is 105 Å². The number of fused-ring (bicyclic) bond motifs is 10. The van der Waals surface area contributed by atoms with Crippen LogP contribution >= 0.6 is 0 Å². The Morgan fingerprint density at radius 3 is 1.57 bits per heavy atom. The molecule has 2 aliphatic rings. The number of para-hydroxylation sites is 2. The van der Waals surface area contributed by atoms with E-state index in [0.29, 0.717) is 0 Å². The smallest absolute Gasteiger partial charge is 0.252 e. The third kappa shape index (κ3) is 6.78. The number of aromatic nitrogens is 1. The van der Waals surface area contributed by atoms with E-state index in [-0.39, 0.29) is 28.4 Å². The average Bonchev–Trinajstić information content (AvgIpc) is 3.84. The number of benzene rings is 8. The molecular formula is C64H62BN3O. The second kappa shape index (κ2) is 14.8. The van der Waals surface area contributed by atoms with Gasteiger partial charge in [0.15, 0.2) is 0 Å². The summed E-state index contributed by atoms with van der Waals surface area (Å²) in [5.74, 6) is 0. The van der Waals surface area contributed by atoms with Gasteiger partial charge >= 0.3 is 0 Å². The van der Waals surface area contributed by atoms with Gasteiger partial charge in [-0.2, -0.15) is 0 Å².